The SMILES string of the molecule is C#CCC(NCC)c1cscc1C. The van der Waals surface area contributed by atoms with Crippen LogP contribution in [0.15, 0.2) is 10.8 Å². The van der Waals surface area contributed by atoms with Crippen LogP contribution in [-0.2, 0) is 0 Å². The second-order valence-electron chi connectivity index (χ2n) is 3.03. The number of nitrogens with one attached hydrogen (secondary N) is 1. The molecule has 1 rings (SSSR count). The van der Waals surface area contributed by atoms with Crippen molar-refractivity contribution in [2.75, 3.05) is 6.54 Å². The van der Waals surface area contributed by atoms with Gasteiger partial charge in [-0.25, -0.2) is 0 Å². The fraction of sp³-hybridized carbons (Fsp3) is 0.455. The van der Waals surface area contributed by atoms with Crippen molar-refractivity contribution >= 4 is 11.3 Å². The molecule has 1 aromatic heterocycles. The monoisotopic (exact) mass is 193 g/mol. The van der Waals surface area contributed by atoms with E-state index in [1.807, 2.05) is 0 Å². The van der Waals surface area contributed by atoms with Crippen molar-refractivity contribution in [3.8, 4) is 12.3 Å². The summed E-state index contributed by atoms with van der Waals surface area (Å²) in [5, 5.41) is 7.73. The number of thiophene rings is 1. The average molecular weight is 193 g/mol. The van der Waals surface area contributed by atoms with E-state index in [9.17, 15) is 0 Å². The molecule has 70 valence electrons. The van der Waals surface area contributed by atoms with Crippen LogP contribution >= 0.6 is 11.3 Å². The van der Waals surface area contributed by atoms with E-state index in [0.29, 0.717) is 6.04 Å². The van der Waals surface area contributed by atoms with Gasteiger partial charge in [0, 0.05) is 12.5 Å². The number of terminal acetylenes is 1. The summed E-state index contributed by atoms with van der Waals surface area (Å²) in [4.78, 5) is 0. The van der Waals surface area contributed by atoms with Gasteiger partial charge >= 0.3 is 0 Å². The Morgan fingerprint density at radius 1 is 1.62 bits per heavy atom. The van der Waals surface area contributed by atoms with Gasteiger partial charge in [0.2, 0.25) is 0 Å². The Hall–Kier alpha value is -0.780. The van der Waals surface area contributed by atoms with Gasteiger partial charge in [0.25, 0.3) is 0 Å². The zero-order valence-electron chi connectivity index (χ0n) is 8.13. The van der Waals surface area contributed by atoms with E-state index in [1.165, 1.54) is 11.1 Å². The molecule has 0 saturated heterocycles. The van der Waals surface area contributed by atoms with Gasteiger partial charge in [-0.1, -0.05) is 6.92 Å². The van der Waals surface area contributed by atoms with Crippen molar-refractivity contribution < 1.29 is 0 Å². The number of hydrogen-bond acceptors (Lipinski definition) is 2. The Morgan fingerprint density at radius 2 is 2.38 bits per heavy atom. The maximum absolute atomic E-state index is 5.33. The van der Waals surface area contributed by atoms with Crippen LogP contribution in [0.3, 0.4) is 0 Å². The van der Waals surface area contributed by atoms with Crippen LogP contribution in [0, 0.1) is 19.3 Å². The van der Waals surface area contributed by atoms with Gasteiger partial charge in [0.1, 0.15) is 0 Å². The van der Waals surface area contributed by atoms with Gasteiger partial charge in [-0.3, -0.25) is 0 Å². The Bertz CT molecular complexity index is 295. The molecule has 1 N–H and O–H groups in total. The standard InChI is InChI=1S/C11H15NS/c1-4-6-11(12-5-2)10-8-13-7-9(10)3/h1,7-8,11-12H,5-6H2,2-3H3. The molecule has 0 radical (unpaired) electrons. The van der Waals surface area contributed by atoms with E-state index in [2.05, 4.69) is 35.8 Å². The molecule has 1 nitrogen and oxygen atoms in total. The summed E-state index contributed by atoms with van der Waals surface area (Å²) >= 11 is 1.74. The third kappa shape index (κ3) is 2.58. The largest absolute Gasteiger partial charge is 0.309 e. The van der Waals surface area contributed by atoms with Crippen LogP contribution in [0.2, 0.25) is 0 Å². The first-order valence-corrected chi connectivity index (χ1v) is 5.43. The van der Waals surface area contributed by atoms with Crippen LogP contribution in [0.1, 0.15) is 30.5 Å². The van der Waals surface area contributed by atoms with Crippen molar-refractivity contribution in [2.45, 2.75) is 26.3 Å². The van der Waals surface area contributed by atoms with Gasteiger partial charge in [-0.2, -0.15) is 11.3 Å². The highest BCUT2D eigenvalue weighted by Crippen LogP contribution is 2.23. The van der Waals surface area contributed by atoms with E-state index >= 15 is 0 Å². The lowest BCUT2D eigenvalue weighted by Gasteiger charge is -2.14. The minimum atomic E-state index is 0.334. The van der Waals surface area contributed by atoms with Crippen LogP contribution in [0.25, 0.3) is 0 Å². The van der Waals surface area contributed by atoms with Gasteiger partial charge in [-0.05, 0) is 35.4 Å². The average Bonchev–Trinajstić information content (AvgIpc) is 2.51. The number of hydrogen-bond donors (Lipinski definition) is 1. The summed E-state index contributed by atoms with van der Waals surface area (Å²) in [6.07, 6.45) is 6.10. The molecule has 0 aliphatic carbocycles. The zero-order valence-corrected chi connectivity index (χ0v) is 8.95. The smallest absolute Gasteiger partial charge is 0.0441 e. The fourth-order valence-corrected chi connectivity index (χ4v) is 2.29. The van der Waals surface area contributed by atoms with Crippen molar-refractivity contribution in [1.29, 1.82) is 0 Å². The van der Waals surface area contributed by atoms with Crippen molar-refractivity contribution in [3.63, 3.8) is 0 Å². The highest BCUT2D eigenvalue weighted by molar-refractivity contribution is 7.08. The molecule has 0 saturated carbocycles. The van der Waals surface area contributed by atoms with Gasteiger partial charge in [0.15, 0.2) is 0 Å². The maximum atomic E-state index is 5.33. The second kappa shape index (κ2) is 5.06. The summed E-state index contributed by atoms with van der Waals surface area (Å²) in [5.41, 5.74) is 2.69. The molecule has 1 heterocycles. The normalized spacial score (nSPS) is 12.4. The first-order chi connectivity index (χ1) is 6.29. The fourth-order valence-electron chi connectivity index (χ4n) is 1.38. The molecule has 0 amide bonds. The molecule has 2 heteroatoms. The van der Waals surface area contributed by atoms with E-state index in [-0.39, 0.29) is 0 Å². The summed E-state index contributed by atoms with van der Waals surface area (Å²) in [5.74, 6) is 2.71. The molecule has 13 heavy (non-hydrogen) atoms. The second-order valence-corrected chi connectivity index (χ2v) is 3.77. The first kappa shape index (κ1) is 10.3. The molecule has 1 atom stereocenters. The van der Waals surface area contributed by atoms with Crippen LogP contribution in [-0.4, -0.2) is 6.54 Å². The topological polar surface area (TPSA) is 12.0 Å². The van der Waals surface area contributed by atoms with E-state index in [0.717, 1.165) is 13.0 Å². The minimum Gasteiger partial charge on any atom is -0.309 e. The van der Waals surface area contributed by atoms with Crippen LogP contribution in [0.4, 0.5) is 0 Å². The zero-order chi connectivity index (χ0) is 9.68. The molecule has 0 aliphatic rings. The van der Waals surface area contributed by atoms with Gasteiger partial charge in [-0.15, -0.1) is 12.3 Å². The molecule has 0 fully saturated rings. The highest BCUT2D eigenvalue weighted by atomic mass is 32.1. The number of rotatable bonds is 4. The maximum Gasteiger partial charge on any atom is 0.0441 e. The molecular weight excluding hydrogens is 178 g/mol. The summed E-state index contributed by atoms with van der Waals surface area (Å²) in [7, 11) is 0. The molecule has 0 bridgehead atoms. The Balaban J connectivity index is 2.76. The van der Waals surface area contributed by atoms with Crippen molar-refractivity contribution in [3.05, 3.63) is 21.9 Å². The predicted octanol–water partition coefficient (Wildman–Crippen LogP) is 2.73. The predicted molar refractivity (Wildman–Crippen MR) is 58.9 cm³/mol. The quantitative estimate of drug-likeness (QED) is 0.725. The molecule has 1 aromatic rings. The lowest BCUT2D eigenvalue weighted by Crippen LogP contribution is -2.20. The first-order valence-electron chi connectivity index (χ1n) is 4.49. The number of aryl methyl sites for hydroxylation is 1. The Kier molecular flexibility index (Phi) is 4.01. The molecule has 0 spiro atoms. The van der Waals surface area contributed by atoms with Gasteiger partial charge in [0.05, 0.1) is 0 Å². The summed E-state index contributed by atoms with van der Waals surface area (Å²) < 4.78 is 0. The van der Waals surface area contributed by atoms with E-state index < -0.39 is 0 Å². The lowest BCUT2D eigenvalue weighted by atomic mass is 10.0. The highest BCUT2D eigenvalue weighted by Gasteiger charge is 2.11. The van der Waals surface area contributed by atoms with Crippen molar-refractivity contribution in [1.82, 2.24) is 5.32 Å². The van der Waals surface area contributed by atoms with Crippen molar-refractivity contribution in [2.24, 2.45) is 0 Å². The van der Waals surface area contributed by atoms with Crippen LogP contribution in [0.5, 0.6) is 0 Å². The Morgan fingerprint density at radius 3 is 2.85 bits per heavy atom. The summed E-state index contributed by atoms with van der Waals surface area (Å²) in [6, 6.07) is 0.334. The lowest BCUT2D eigenvalue weighted by molar-refractivity contribution is 0.564. The minimum absolute atomic E-state index is 0.334. The third-order valence-corrected chi connectivity index (χ3v) is 2.92. The molecular formula is C11H15NS. The molecule has 0 aliphatic heterocycles. The summed E-state index contributed by atoms with van der Waals surface area (Å²) in [6.45, 7) is 5.19. The van der Waals surface area contributed by atoms with E-state index in [4.69, 9.17) is 6.42 Å². The third-order valence-electron chi connectivity index (χ3n) is 2.04. The van der Waals surface area contributed by atoms with E-state index in [1.54, 1.807) is 11.3 Å². The van der Waals surface area contributed by atoms with Crippen LogP contribution < -0.4 is 5.32 Å². The molecule has 1 unspecified atom stereocenters. The Labute approximate surface area is 84.2 Å². The molecule has 0 aromatic carbocycles. The van der Waals surface area contributed by atoms with Gasteiger partial charge < -0.3 is 5.32 Å².